The largest absolute Gasteiger partial charge is 0.343 e. The number of hydrogen-bond acceptors (Lipinski definition) is 1. The highest BCUT2D eigenvalue weighted by Gasteiger charge is 2.13. The van der Waals surface area contributed by atoms with Gasteiger partial charge in [0.25, 0.3) is 0 Å². The van der Waals surface area contributed by atoms with Crippen LogP contribution in [0.2, 0.25) is 0 Å². The molecule has 0 aliphatic rings. The Bertz CT molecular complexity index is 775. The van der Waals surface area contributed by atoms with E-state index in [1.807, 2.05) is 13.1 Å². The van der Waals surface area contributed by atoms with Crippen LogP contribution in [0.3, 0.4) is 0 Å². The van der Waals surface area contributed by atoms with Gasteiger partial charge in [-0.2, -0.15) is 0 Å². The molecule has 0 aliphatic heterocycles. The molecule has 2 rings (SSSR count). The van der Waals surface area contributed by atoms with E-state index in [1.165, 1.54) is 16.7 Å². The fourth-order valence-electron chi connectivity index (χ4n) is 3.32. The number of allylic oxidation sites excluding steroid dienone is 4. The van der Waals surface area contributed by atoms with E-state index in [4.69, 9.17) is 0 Å². The molecule has 26 heavy (non-hydrogen) atoms. The minimum atomic E-state index is -0.164. The summed E-state index contributed by atoms with van der Waals surface area (Å²) in [6.45, 7) is 9.48. The van der Waals surface area contributed by atoms with Crippen molar-refractivity contribution >= 4 is 10.9 Å². The fourth-order valence-corrected chi connectivity index (χ4v) is 3.32. The van der Waals surface area contributed by atoms with Crippen LogP contribution in [-0.4, -0.2) is 17.7 Å². The molecule has 1 N–H and O–H groups in total. The minimum Gasteiger partial charge on any atom is -0.343 e. The van der Waals surface area contributed by atoms with E-state index >= 15 is 0 Å². The van der Waals surface area contributed by atoms with Gasteiger partial charge in [-0.1, -0.05) is 30.2 Å². The lowest BCUT2D eigenvalue weighted by Crippen LogP contribution is -2.26. The molecular formula is C23H33FN2. The van der Waals surface area contributed by atoms with Crippen molar-refractivity contribution in [2.24, 2.45) is 0 Å². The molecule has 0 fully saturated rings. The van der Waals surface area contributed by atoms with Gasteiger partial charge >= 0.3 is 0 Å². The third-order valence-corrected chi connectivity index (χ3v) is 5.02. The molecular weight excluding hydrogens is 323 g/mol. The molecule has 142 valence electrons. The number of fused-ring (bicyclic) bond motifs is 1. The zero-order chi connectivity index (χ0) is 19.1. The lowest BCUT2D eigenvalue weighted by molar-refractivity contribution is 0.544. The second-order valence-corrected chi connectivity index (χ2v) is 7.44. The molecule has 1 aromatic heterocycles. The SMILES string of the molecule is CCC(Cc1cn(CC=C(C)CCC=C(C)C)c2ccc(F)cc12)NC. The average Bonchev–Trinajstić information content (AvgIpc) is 2.94. The Labute approximate surface area is 157 Å². The summed E-state index contributed by atoms with van der Waals surface area (Å²) < 4.78 is 16.1. The third-order valence-electron chi connectivity index (χ3n) is 5.02. The Kier molecular flexibility index (Phi) is 7.65. The Balaban J connectivity index is 2.23. The molecule has 0 radical (unpaired) electrons. The summed E-state index contributed by atoms with van der Waals surface area (Å²) >= 11 is 0. The molecule has 1 heterocycles. The van der Waals surface area contributed by atoms with Crippen LogP contribution in [0.4, 0.5) is 4.39 Å². The molecule has 0 saturated carbocycles. The first-order valence-corrected chi connectivity index (χ1v) is 9.68. The maximum atomic E-state index is 13.8. The molecule has 0 aliphatic carbocycles. The van der Waals surface area contributed by atoms with E-state index in [0.29, 0.717) is 6.04 Å². The highest BCUT2D eigenvalue weighted by Crippen LogP contribution is 2.24. The lowest BCUT2D eigenvalue weighted by atomic mass is 10.0. The highest BCUT2D eigenvalue weighted by atomic mass is 19.1. The first kappa shape index (κ1) is 20.4. The topological polar surface area (TPSA) is 17.0 Å². The summed E-state index contributed by atoms with van der Waals surface area (Å²) in [5.74, 6) is -0.164. The van der Waals surface area contributed by atoms with Crippen molar-refractivity contribution in [2.45, 2.75) is 66.0 Å². The maximum absolute atomic E-state index is 13.8. The zero-order valence-corrected chi connectivity index (χ0v) is 16.9. The average molecular weight is 357 g/mol. The second kappa shape index (κ2) is 9.72. The molecule has 0 bridgehead atoms. The van der Waals surface area contributed by atoms with Gasteiger partial charge in [0, 0.05) is 29.7 Å². The van der Waals surface area contributed by atoms with Crippen LogP contribution in [-0.2, 0) is 13.0 Å². The number of nitrogens with one attached hydrogen (secondary N) is 1. The summed E-state index contributed by atoms with van der Waals surface area (Å²) in [5.41, 5.74) is 5.10. The van der Waals surface area contributed by atoms with Crippen LogP contribution >= 0.6 is 0 Å². The predicted molar refractivity (Wildman–Crippen MR) is 111 cm³/mol. The Morgan fingerprint density at radius 3 is 2.65 bits per heavy atom. The van der Waals surface area contributed by atoms with Crippen LogP contribution < -0.4 is 5.32 Å². The van der Waals surface area contributed by atoms with E-state index in [1.54, 1.807) is 12.1 Å². The van der Waals surface area contributed by atoms with Gasteiger partial charge in [-0.05, 0) is 77.3 Å². The minimum absolute atomic E-state index is 0.164. The van der Waals surface area contributed by atoms with Crippen LogP contribution in [0.25, 0.3) is 10.9 Å². The number of rotatable bonds is 9. The van der Waals surface area contributed by atoms with Crippen molar-refractivity contribution in [3.8, 4) is 0 Å². The van der Waals surface area contributed by atoms with Crippen molar-refractivity contribution < 1.29 is 4.39 Å². The smallest absolute Gasteiger partial charge is 0.123 e. The molecule has 0 amide bonds. The number of hydrogen-bond donors (Lipinski definition) is 1. The Morgan fingerprint density at radius 2 is 2.00 bits per heavy atom. The van der Waals surface area contributed by atoms with E-state index in [-0.39, 0.29) is 5.82 Å². The van der Waals surface area contributed by atoms with Crippen molar-refractivity contribution in [1.82, 2.24) is 9.88 Å². The monoisotopic (exact) mass is 356 g/mol. The zero-order valence-electron chi connectivity index (χ0n) is 16.9. The van der Waals surface area contributed by atoms with Crippen LogP contribution in [0.5, 0.6) is 0 Å². The summed E-state index contributed by atoms with van der Waals surface area (Å²) in [5, 5.41) is 4.39. The molecule has 1 unspecified atom stereocenters. The summed E-state index contributed by atoms with van der Waals surface area (Å²) in [6.07, 6.45) is 10.9. The standard InChI is InChI=1S/C23H33FN2/c1-6-21(25-5)14-19-16-26(23-11-10-20(24)15-22(19)23)13-12-18(4)9-7-8-17(2)3/h8,10-12,15-16,21,25H,6-7,9,13-14H2,1-5H3. The fraction of sp³-hybridized carbons (Fsp3) is 0.478. The van der Waals surface area contributed by atoms with Crippen LogP contribution in [0, 0.1) is 5.82 Å². The maximum Gasteiger partial charge on any atom is 0.123 e. The molecule has 1 atom stereocenters. The van der Waals surface area contributed by atoms with Crippen molar-refractivity contribution in [2.75, 3.05) is 7.05 Å². The van der Waals surface area contributed by atoms with Gasteiger partial charge in [0.15, 0.2) is 0 Å². The van der Waals surface area contributed by atoms with Crippen molar-refractivity contribution in [3.63, 3.8) is 0 Å². The van der Waals surface area contributed by atoms with Gasteiger partial charge in [-0.25, -0.2) is 4.39 Å². The van der Waals surface area contributed by atoms with Crippen molar-refractivity contribution in [3.05, 3.63) is 59.1 Å². The molecule has 2 aromatic rings. The van der Waals surface area contributed by atoms with E-state index < -0.39 is 0 Å². The summed E-state index contributed by atoms with van der Waals surface area (Å²) in [4.78, 5) is 0. The summed E-state index contributed by atoms with van der Waals surface area (Å²) in [6, 6.07) is 5.55. The first-order chi connectivity index (χ1) is 12.4. The van der Waals surface area contributed by atoms with Crippen LogP contribution in [0.15, 0.2) is 47.7 Å². The lowest BCUT2D eigenvalue weighted by Gasteiger charge is -2.12. The third kappa shape index (κ3) is 5.57. The van der Waals surface area contributed by atoms with Gasteiger partial charge in [-0.15, -0.1) is 0 Å². The molecule has 1 aromatic carbocycles. The number of aromatic nitrogens is 1. The number of likely N-dealkylation sites (N-methyl/N-ethyl adjacent to an activating group) is 1. The summed E-state index contributed by atoms with van der Waals surface area (Å²) in [7, 11) is 1.99. The molecule has 3 heteroatoms. The first-order valence-electron chi connectivity index (χ1n) is 9.68. The van der Waals surface area contributed by atoms with Gasteiger partial charge < -0.3 is 9.88 Å². The van der Waals surface area contributed by atoms with Crippen LogP contribution in [0.1, 0.15) is 52.5 Å². The quantitative estimate of drug-likeness (QED) is 0.544. The number of halogens is 1. The van der Waals surface area contributed by atoms with Gasteiger partial charge in [0.05, 0.1) is 0 Å². The van der Waals surface area contributed by atoms with Gasteiger partial charge in [-0.3, -0.25) is 0 Å². The van der Waals surface area contributed by atoms with Gasteiger partial charge in [0.1, 0.15) is 5.82 Å². The van der Waals surface area contributed by atoms with E-state index in [9.17, 15) is 4.39 Å². The normalized spacial score (nSPS) is 13.2. The Morgan fingerprint density at radius 1 is 1.23 bits per heavy atom. The Hall–Kier alpha value is -1.87. The number of nitrogens with zero attached hydrogens (tertiary/aromatic N) is 1. The van der Waals surface area contributed by atoms with E-state index in [0.717, 1.165) is 43.1 Å². The van der Waals surface area contributed by atoms with Gasteiger partial charge in [0.2, 0.25) is 0 Å². The molecule has 0 saturated heterocycles. The highest BCUT2D eigenvalue weighted by molar-refractivity contribution is 5.84. The van der Waals surface area contributed by atoms with E-state index in [2.05, 4.69) is 55.9 Å². The second-order valence-electron chi connectivity index (χ2n) is 7.44. The predicted octanol–water partition coefficient (Wildman–Crippen LogP) is 6.01. The van der Waals surface area contributed by atoms with Crippen molar-refractivity contribution in [1.29, 1.82) is 0 Å². The molecule has 2 nitrogen and oxygen atoms in total. The molecule has 0 spiro atoms. The number of benzene rings is 1.